The molecular weight excluding hydrogens is 416 g/mol. The second kappa shape index (κ2) is 12.7. The molecule has 0 saturated carbocycles. The van der Waals surface area contributed by atoms with Crippen molar-refractivity contribution >= 4 is 5.97 Å². The molecule has 33 heavy (non-hydrogen) atoms. The standard InChI is InChI=1S/C28H50O5/c1-18(2)10-8-11-19(3)12-9-16-28(7)17-15-23-22(6)26(20(4)21(5)27(23)33-28)32-25(31)14-13-24(29)30/h18-19,21-24,27,29-30H,8-17H2,1-7H3/t19?,21?,22?,23?,27?,28-/m1/s1. The molecular formula is C28H50O5. The van der Waals surface area contributed by atoms with Crippen molar-refractivity contribution in [2.24, 2.45) is 29.6 Å². The van der Waals surface area contributed by atoms with Crippen molar-refractivity contribution in [2.75, 3.05) is 0 Å². The summed E-state index contributed by atoms with van der Waals surface area (Å²) in [5.41, 5.74) is 1.02. The third-order valence-electron chi connectivity index (χ3n) is 8.18. The molecule has 0 aromatic carbocycles. The lowest BCUT2D eigenvalue weighted by Crippen LogP contribution is -2.50. The van der Waals surface area contributed by atoms with E-state index in [2.05, 4.69) is 48.5 Å². The van der Waals surface area contributed by atoms with Gasteiger partial charge >= 0.3 is 5.97 Å². The number of rotatable bonds is 12. The van der Waals surface area contributed by atoms with E-state index >= 15 is 0 Å². The number of aliphatic hydroxyl groups is 2. The van der Waals surface area contributed by atoms with Crippen LogP contribution >= 0.6 is 0 Å². The highest BCUT2D eigenvalue weighted by Gasteiger charge is 2.47. The maximum atomic E-state index is 12.2. The monoisotopic (exact) mass is 466 g/mol. The zero-order chi connectivity index (χ0) is 24.8. The van der Waals surface area contributed by atoms with E-state index in [4.69, 9.17) is 19.7 Å². The van der Waals surface area contributed by atoms with Gasteiger partial charge in [0.25, 0.3) is 0 Å². The first-order valence-electron chi connectivity index (χ1n) is 13.4. The average molecular weight is 467 g/mol. The summed E-state index contributed by atoms with van der Waals surface area (Å²) in [5, 5.41) is 18.1. The second-order valence-corrected chi connectivity index (χ2v) is 11.7. The molecule has 0 amide bonds. The zero-order valence-electron chi connectivity index (χ0n) is 22.2. The molecule has 6 atom stereocenters. The van der Waals surface area contributed by atoms with Gasteiger partial charge in [-0.15, -0.1) is 0 Å². The number of aliphatic hydroxyl groups excluding tert-OH is 1. The number of fused-ring (bicyclic) bond motifs is 1. The summed E-state index contributed by atoms with van der Waals surface area (Å²) < 4.78 is 12.6. The average Bonchev–Trinajstić information content (AvgIpc) is 2.73. The van der Waals surface area contributed by atoms with Crippen molar-refractivity contribution in [3.63, 3.8) is 0 Å². The Labute approximate surface area is 202 Å². The maximum Gasteiger partial charge on any atom is 0.311 e. The van der Waals surface area contributed by atoms with Gasteiger partial charge in [0.1, 0.15) is 5.76 Å². The van der Waals surface area contributed by atoms with Crippen molar-refractivity contribution in [1.82, 2.24) is 0 Å². The Morgan fingerprint density at radius 2 is 1.76 bits per heavy atom. The van der Waals surface area contributed by atoms with E-state index < -0.39 is 6.29 Å². The third kappa shape index (κ3) is 8.36. The largest absolute Gasteiger partial charge is 0.431 e. The first-order chi connectivity index (χ1) is 15.4. The van der Waals surface area contributed by atoms with Crippen LogP contribution in [0.25, 0.3) is 0 Å². The van der Waals surface area contributed by atoms with Gasteiger partial charge in [-0.25, -0.2) is 0 Å². The van der Waals surface area contributed by atoms with Crippen LogP contribution in [0.15, 0.2) is 11.3 Å². The molecule has 192 valence electrons. The van der Waals surface area contributed by atoms with Crippen molar-refractivity contribution in [1.29, 1.82) is 0 Å². The summed E-state index contributed by atoms with van der Waals surface area (Å²) in [6, 6.07) is 0. The van der Waals surface area contributed by atoms with Crippen molar-refractivity contribution in [3.05, 3.63) is 11.3 Å². The molecule has 0 aromatic rings. The number of ether oxygens (including phenoxy) is 2. The smallest absolute Gasteiger partial charge is 0.311 e. The molecule has 1 aliphatic heterocycles. The van der Waals surface area contributed by atoms with E-state index in [1.165, 1.54) is 32.1 Å². The minimum atomic E-state index is -1.48. The fourth-order valence-corrected chi connectivity index (χ4v) is 5.76. The van der Waals surface area contributed by atoms with Crippen LogP contribution in [0.2, 0.25) is 0 Å². The van der Waals surface area contributed by atoms with E-state index in [1.807, 2.05) is 0 Å². The summed E-state index contributed by atoms with van der Waals surface area (Å²) in [4.78, 5) is 12.2. The van der Waals surface area contributed by atoms with Gasteiger partial charge < -0.3 is 19.7 Å². The van der Waals surface area contributed by atoms with E-state index in [0.29, 0.717) is 5.92 Å². The number of carbonyl (C=O) groups excluding carboxylic acids is 1. The quantitative estimate of drug-likeness (QED) is 0.258. The van der Waals surface area contributed by atoms with Crippen LogP contribution in [0, 0.1) is 29.6 Å². The molecule has 2 N–H and O–H groups in total. The van der Waals surface area contributed by atoms with Crippen LogP contribution in [0.3, 0.4) is 0 Å². The van der Waals surface area contributed by atoms with E-state index in [9.17, 15) is 4.79 Å². The molecule has 5 heteroatoms. The highest BCUT2D eigenvalue weighted by atomic mass is 16.5. The van der Waals surface area contributed by atoms with Gasteiger partial charge in [-0.3, -0.25) is 4.79 Å². The van der Waals surface area contributed by atoms with Gasteiger partial charge in [-0.1, -0.05) is 66.7 Å². The van der Waals surface area contributed by atoms with Crippen LogP contribution in [0.1, 0.15) is 113 Å². The van der Waals surface area contributed by atoms with Gasteiger partial charge in [-0.2, -0.15) is 0 Å². The Bertz CT molecular complexity index is 655. The Morgan fingerprint density at radius 1 is 1.09 bits per heavy atom. The number of hydrogen-bond acceptors (Lipinski definition) is 5. The molecule has 2 aliphatic rings. The molecule has 0 radical (unpaired) electrons. The van der Waals surface area contributed by atoms with Crippen LogP contribution in [0.4, 0.5) is 0 Å². The summed E-state index contributed by atoms with van der Waals surface area (Å²) in [6.45, 7) is 15.7. The molecule has 0 spiro atoms. The number of allylic oxidation sites excluding steroid dienone is 1. The highest BCUT2D eigenvalue weighted by molar-refractivity contribution is 5.70. The lowest BCUT2D eigenvalue weighted by molar-refractivity contribution is -0.178. The number of carbonyl (C=O) groups is 1. The molecule has 2 rings (SSSR count). The minimum Gasteiger partial charge on any atom is -0.431 e. The van der Waals surface area contributed by atoms with E-state index in [0.717, 1.165) is 42.4 Å². The van der Waals surface area contributed by atoms with Gasteiger partial charge in [0.05, 0.1) is 18.1 Å². The molecule has 1 heterocycles. The lowest BCUT2D eigenvalue weighted by Gasteiger charge is -2.50. The highest BCUT2D eigenvalue weighted by Crippen LogP contribution is 2.49. The van der Waals surface area contributed by atoms with Crippen molar-refractivity contribution in [2.45, 2.75) is 131 Å². The Kier molecular flexibility index (Phi) is 10.9. The first-order valence-corrected chi connectivity index (χ1v) is 13.4. The predicted octanol–water partition coefficient (Wildman–Crippen LogP) is 6.37. The fourth-order valence-electron chi connectivity index (χ4n) is 5.76. The first kappa shape index (κ1) is 28.3. The van der Waals surface area contributed by atoms with E-state index in [1.54, 1.807) is 0 Å². The predicted molar refractivity (Wildman–Crippen MR) is 132 cm³/mol. The fraction of sp³-hybridized carbons (Fsp3) is 0.893. The van der Waals surface area contributed by atoms with Gasteiger partial charge in [0.15, 0.2) is 6.29 Å². The van der Waals surface area contributed by atoms with Crippen LogP contribution < -0.4 is 0 Å². The van der Waals surface area contributed by atoms with Gasteiger partial charge in [0.2, 0.25) is 0 Å². The maximum absolute atomic E-state index is 12.2. The normalized spacial score (nSPS) is 31.1. The summed E-state index contributed by atoms with van der Waals surface area (Å²) in [5.74, 6) is 2.63. The molecule has 5 unspecified atom stereocenters. The molecule has 0 bridgehead atoms. The molecule has 1 aliphatic carbocycles. The third-order valence-corrected chi connectivity index (χ3v) is 8.18. The Balaban J connectivity index is 1.92. The Morgan fingerprint density at radius 3 is 2.39 bits per heavy atom. The van der Waals surface area contributed by atoms with Crippen molar-refractivity contribution in [3.8, 4) is 0 Å². The second-order valence-electron chi connectivity index (χ2n) is 11.7. The Hall–Kier alpha value is -0.910. The molecule has 1 saturated heterocycles. The molecule has 0 aromatic heterocycles. The summed E-state index contributed by atoms with van der Waals surface area (Å²) in [6.07, 6.45) is 8.42. The zero-order valence-corrected chi connectivity index (χ0v) is 22.2. The minimum absolute atomic E-state index is 0.00103. The van der Waals surface area contributed by atoms with Crippen LogP contribution in [-0.2, 0) is 14.3 Å². The topological polar surface area (TPSA) is 76.0 Å². The van der Waals surface area contributed by atoms with E-state index in [-0.39, 0.29) is 42.4 Å². The van der Waals surface area contributed by atoms with Gasteiger partial charge in [-0.05, 0) is 56.4 Å². The summed E-state index contributed by atoms with van der Waals surface area (Å²) in [7, 11) is 0. The summed E-state index contributed by atoms with van der Waals surface area (Å²) >= 11 is 0. The van der Waals surface area contributed by atoms with Crippen LogP contribution in [-0.4, -0.2) is 34.2 Å². The molecule has 5 nitrogen and oxygen atoms in total. The van der Waals surface area contributed by atoms with Gasteiger partial charge in [0, 0.05) is 18.3 Å². The number of esters is 1. The van der Waals surface area contributed by atoms with Crippen LogP contribution in [0.5, 0.6) is 0 Å². The number of hydrogen-bond donors (Lipinski definition) is 2. The van der Waals surface area contributed by atoms with Crippen molar-refractivity contribution < 1.29 is 24.5 Å². The lowest BCUT2D eigenvalue weighted by atomic mass is 9.68. The SMILES string of the molecule is CC1=C(OC(=O)CCC(O)O)C(C)C2CC[C@@](C)(CCCC(C)CCCC(C)C)OC2C1C. The molecule has 1 fully saturated rings.